The Morgan fingerprint density at radius 1 is 1.24 bits per heavy atom. The lowest BCUT2D eigenvalue weighted by atomic mass is 9.78. The molecule has 4 nitrogen and oxygen atoms in total. The lowest BCUT2D eigenvalue weighted by Crippen LogP contribution is -2.46. The van der Waals surface area contributed by atoms with Crippen LogP contribution < -0.4 is 0 Å². The molecule has 0 aromatic heterocycles. The van der Waals surface area contributed by atoms with Gasteiger partial charge in [0.05, 0.1) is 5.75 Å². The third-order valence-electron chi connectivity index (χ3n) is 3.89. The Balaban J connectivity index is 1.87. The second-order valence-corrected chi connectivity index (χ2v) is 7.84. The maximum Gasteiger partial charge on any atom is 0.223 e. The number of rotatable bonds is 3. The minimum absolute atomic E-state index is 0.0162. The first-order valence-electron chi connectivity index (χ1n) is 6.39. The molecule has 5 heteroatoms. The highest BCUT2D eigenvalue weighted by molar-refractivity contribution is 7.90. The molecule has 1 saturated heterocycles. The van der Waals surface area contributed by atoms with Gasteiger partial charge in [-0.1, -0.05) is 6.42 Å². The normalized spacial score (nSPS) is 29.1. The molecule has 2 bridgehead atoms. The predicted octanol–water partition coefficient (Wildman–Crippen LogP) is 1.07. The van der Waals surface area contributed by atoms with E-state index in [1.807, 2.05) is 4.90 Å². The van der Waals surface area contributed by atoms with Crippen molar-refractivity contribution in [2.24, 2.45) is 11.8 Å². The number of fused-ring (bicyclic) bond motifs is 2. The van der Waals surface area contributed by atoms with E-state index in [4.69, 9.17) is 0 Å². The van der Waals surface area contributed by atoms with E-state index in [-0.39, 0.29) is 18.1 Å². The molecule has 2 atom stereocenters. The minimum atomic E-state index is -3.02. The summed E-state index contributed by atoms with van der Waals surface area (Å²) < 4.78 is 22.1. The van der Waals surface area contributed by atoms with Crippen molar-refractivity contribution in [3.05, 3.63) is 0 Å². The third kappa shape index (κ3) is 3.69. The molecule has 0 radical (unpaired) electrons. The molecule has 1 aliphatic carbocycles. The summed E-state index contributed by atoms with van der Waals surface area (Å²) in [5.41, 5.74) is 0. The van der Waals surface area contributed by atoms with Crippen LogP contribution in [0.25, 0.3) is 0 Å². The molecule has 2 aliphatic rings. The molecule has 0 spiro atoms. The largest absolute Gasteiger partial charge is 0.342 e. The van der Waals surface area contributed by atoms with Crippen LogP contribution in [0.1, 0.15) is 32.1 Å². The van der Waals surface area contributed by atoms with E-state index in [2.05, 4.69) is 0 Å². The number of amides is 1. The van der Waals surface area contributed by atoms with Gasteiger partial charge in [0.1, 0.15) is 9.84 Å². The number of hydrogen-bond acceptors (Lipinski definition) is 3. The van der Waals surface area contributed by atoms with Gasteiger partial charge in [-0.3, -0.25) is 4.79 Å². The molecule has 98 valence electrons. The fraction of sp³-hybridized carbons (Fsp3) is 0.917. The van der Waals surface area contributed by atoms with E-state index in [0.29, 0.717) is 11.8 Å². The molecule has 1 amide bonds. The summed E-state index contributed by atoms with van der Waals surface area (Å²) in [7, 11) is -3.02. The van der Waals surface area contributed by atoms with E-state index in [0.717, 1.165) is 13.1 Å². The van der Waals surface area contributed by atoms with E-state index in [9.17, 15) is 13.2 Å². The third-order valence-corrected chi connectivity index (χ3v) is 4.83. The lowest BCUT2D eigenvalue weighted by Gasteiger charge is -2.41. The van der Waals surface area contributed by atoms with Crippen LogP contribution in [0.15, 0.2) is 0 Å². The van der Waals surface area contributed by atoms with Crippen LogP contribution in [0.2, 0.25) is 0 Å². The van der Waals surface area contributed by atoms with Gasteiger partial charge in [0.25, 0.3) is 0 Å². The van der Waals surface area contributed by atoms with Gasteiger partial charge in [-0.25, -0.2) is 8.42 Å². The topological polar surface area (TPSA) is 54.5 Å². The zero-order valence-electron chi connectivity index (χ0n) is 10.4. The summed E-state index contributed by atoms with van der Waals surface area (Å²) in [5.74, 6) is 1.32. The average Bonchev–Trinajstić information content (AvgIpc) is 2.24. The fourth-order valence-electron chi connectivity index (χ4n) is 3.07. The quantitative estimate of drug-likeness (QED) is 0.762. The average molecular weight is 259 g/mol. The first-order chi connectivity index (χ1) is 7.94. The standard InChI is InChI=1S/C12H21NO3S/c1-17(15,16)6-5-12(14)13-8-10-3-2-4-11(7-10)9-13/h10-11H,2-9H2,1H3. The molecule has 1 aliphatic heterocycles. The number of nitrogens with zero attached hydrogens (tertiary/aromatic N) is 1. The Hall–Kier alpha value is -0.580. The second-order valence-electron chi connectivity index (χ2n) is 5.58. The van der Waals surface area contributed by atoms with Crippen LogP contribution in [0, 0.1) is 11.8 Å². The maximum atomic E-state index is 11.9. The Labute approximate surface area is 103 Å². The molecule has 2 rings (SSSR count). The number of sulfone groups is 1. The maximum absolute atomic E-state index is 11.9. The summed E-state index contributed by atoms with van der Waals surface area (Å²) in [6.45, 7) is 1.69. The van der Waals surface area contributed by atoms with Crippen molar-refractivity contribution >= 4 is 15.7 Å². The molecular weight excluding hydrogens is 238 g/mol. The zero-order valence-corrected chi connectivity index (χ0v) is 11.2. The molecule has 0 N–H and O–H groups in total. The predicted molar refractivity (Wildman–Crippen MR) is 66.4 cm³/mol. The molecule has 1 saturated carbocycles. The highest BCUT2D eigenvalue weighted by atomic mass is 32.2. The number of carbonyl (C=O) groups is 1. The summed E-state index contributed by atoms with van der Waals surface area (Å²) in [4.78, 5) is 13.8. The van der Waals surface area contributed by atoms with Crippen LogP contribution in [0.4, 0.5) is 0 Å². The Morgan fingerprint density at radius 3 is 2.35 bits per heavy atom. The van der Waals surface area contributed by atoms with Crippen LogP contribution in [-0.2, 0) is 14.6 Å². The van der Waals surface area contributed by atoms with Crippen molar-refractivity contribution in [2.45, 2.75) is 32.1 Å². The molecule has 17 heavy (non-hydrogen) atoms. The highest BCUT2D eigenvalue weighted by Gasteiger charge is 2.32. The van der Waals surface area contributed by atoms with Gasteiger partial charge in [0.15, 0.2) is 0 Å². The number of piperidine rings is 1. The first-order valence-corrected chi connectivity index (χ1v) is 8.45. The van der Waals surface area contributed by atoms with Gasteiger partial charge in [0.2, 0.25) is 5.91 Å². The number of hydrogen-bond donors (Lipinski definition) is 0. The first kappa shape index (κ1) is 12.9. The summed E-state index contributed by atoms with van der Waals surface area (Å²) in [5, 5.41) is 0. The minimum Gasteiger partial charge on any atom is -0.342 e. The van der Waals surface area contributed by atoms with Crippen molar-refractivity contribution in [1.29, 1.82) is 0 Å². The fourth-order valence-corrected chi connectivity index (χ4v) is 3.61. The lowest BCUT2D eigenvalue weighted by molar-refractivity contribution is -0.134. The summed E-state index contributed by atoms with van der Waals surface area (Å²) in [6.07, 6.45) is 6.35. The molecule has 0 aromatic carbocycles. The van der Waals surface area contributed by atoms with Crippen LogP contribution >= 0.6 is 0 Å². The van der Waals surface area contributed by atoms with Gasteiger partial charge >= 0.3 is 0 Å². The molecule has 0 aromatic rings. The van der Waals surface area contributed by atoms with Crippen molar-refractivity contribution in [3.8, 4) is 0 Å². The zero-order chi connectivity index (χ0) is 12.5. The van der Waals surface area contributed by atoms with Crippen molar-refractivity contribution in [1.82, 2.24) is 4.90 Å². The van der Waals surface area contributed by atoms with Crippen molar-refractivity contribution in [3.63, 3.8) is 0 Å². The van der Waals surface area contributed by atoms with Crippen LogP contribution in [0.5, 0.6) is 0 Å². The van der Waals surface area contributed by atoms with Crippen LogP contribution in [0.3, 0.4) is 0 Å². The Bertz CT molecular complexity index is 379. The summed E-state index contributed by atoms with van der Waals surface area (Å²) >= 11 is 0. The monoisotopic (exact) mass is 259 g/mol. The molecule has 2 fully saturated rings. The van der Waals surface area contributed by atoms with Crippen LogP contribution in [-0.4, -0.2) is 44.3 Å². The Kier molecular flexibility index (Phi) is 3.76. The van der Waals surface area contributed by atoms with Gasteiger partial charge in [0, 0.05) is 25.8 Å². The van der Waals surface area contributed by atoms with Gasteiger partial charge < -0.3 is 4.90 Å². The highest BCUT2D eigenvalue weighted by Crippen LogP contribution is 2.34. The van der Waals surface area contributed by atoms with Crippen molar-refractivity contribution in [2.75, 3.05) is 25.1 Å². The second kappa shape index (κ2) is 4.96. The Morgan fingerprint density at radius 2 is 1.82 bits per heavy atom. The van der Waals surface area contributed by atoms with E-state index in [1.54, 1.807) is 0 Å². The van der Waals surface area contributed by atoms with Gasteiger partial charge in [-0.05, 0) is 31.1 Å². The van der Waals surface area contributed by atoms with E-state index in [1.165, 1.54) is 31.9 Å². The van der Waals surface area contributed by atoms with Crippen molar-refractivity contribution < 1.29 is 13.2 Å². The summed E-state index contributed by atoms with van der Waals surface area (Å²) in [6, 6.07) is 0. The smallest absolute Gasteiger partial charge is 0.223 e. The molecule has 2 unspecified atom stereocenters. The number of carbonyl (C=O) groups excluding carboxylic acids is 1. The van der Waals surface area contributed by atoms with E-state index < -0.39 is 9.84 Å². The van der Waals surface area contributed by atoms with Gasteiger partial charge in [-0.15, -0.1) is 0 Å². The van der Waals surface area contributed by atoms with Gasteiger partial charge in [-0.2, -0.15) is 0 Å². The molecular formula is C12H21NO3S. The van der Waals surface area contributed by atoms with E-state index >= 15 is 0 Å². The molecule has 1 heterocycles. The number of likely N-dealkylation sites (tertiary alicyclic amines) is 1. The SMILES string of the molecule is CS(=O)(=O)CCC(=O)N1CC2CCCC(C2)C1.